The number of amides is 1. The van der Waals surface area contributed by atoms with E-state index >= 15 is 0 Å². The number of benzene rings is 1. The maximum absolute atomic E-state index is 13.7. The fraction of sp³-hybridized carbons (Fsp3) is 0.629. The Labute approximate surface area is 262 Å². The maximum Gasteiger partial charge on any atom is 0.573 e. The molecule has 2 N–H and O–H groups in total. The number of aliphatic hydroxyl groups is 1. The van der Waals surface area contributed by atoms with Crippen molar-refractivity contribution in [1.82, 2.24) is 5.32 Å². The van der Waals surface area contributed by atoms with Crippen LogP contribution in [0.1, 0.15) is 64.4 Å². The van der Waals surface area contributed by atoms with Gasteiger partial charge in [-0.25, -0.2) is 0 Å². The van der Waals surface area contributed by atoms with Gasteiger partial charge in [-0.15, -0.1) is 13.2 Å². The summed E-state index contributed by atoms with van der Waals surface area (Å²) in [5, 5.41) is 13.5. The average molecular weight is 630 g/mol. The number of methoxy groups -OCH3 is 1. The summed E-state index contributed by atoms with van der Waals surface area (Å²) in [5.41, 5.74) is 0.634. The Hall–Kier alpha value is -2.82. The van der Waals surface area contributed by atoms with E-state index in [4.69, 9.17) is 9.47 Å². The lowest BCUT2D eigenvalue weighted by atomic mass is 9.50. The zero-order valence-corrected chi connectivity index (χ0v) is 26.2. The van der Waals surface area contributed by atoms with Gasteiger partial charge in [-0.3, -0.25) is 4.79 Å². The van der Waals surface area contributed by atoms with E-state index in [1.54, 1.807) is 24.3 Å². The molecule has 1 aromatic rings. The van der Waals surface area contributed by atoms with E-state index < -0.39 is 35.6 Å². The van der Waals surface area contributed by atoms with Crippen molar-refractivity contribution < 1.29 is 41.8 Å². The minimum Gasteiger partial charge on any atom is -0.504 e. The van der Waals surface area contributed by atoms with Gasteiger partial charge < -0.3 is 29.1 Å². The zero-order valence-electron chi connectivity index (χ0n) is 26.2. The molecular weight excluding hydrogens is 585 g/mol. The van der Waals surface area contributed by atoms with Crippen LogP contribution in [0, 0.1) is 23.2 Å². The number of alkyl halides is 3. The van der Waals surface area contributed by atoms with Crippen LogP contribution in [0.15, 0.2) is 59.4 Å². The number of piperidine rings is 1. The van der Waals surface area contributed by atoms with Gasteiger partial charge in [0.1, 0.15) is 6.10 Å². The number of aliphatic hydroxyl groups excluding tert-OH is 1. The van der Waals surface area contributed by atoms with Crippen molar-refractivity contribution in [3.63, 3.8) is 0 Å². The number of quaternary nitrogens is 1. The lowest BCUT2D eigenvalue weighted by Gasteiger charge is -2.63. The van der Waals surface area contributed by atoms with Gasteiger partial charge in [0.15, 0.2) is 11.5 Å². The third-order valence-corrected chi connectivity index (χ3v) is 11.5. The molecule has 3 unspecified atom stereocenters. The first-order valence-corrected chi connectivity index (χ1v) is 16.5. The number of hydrogen-bond donors (Lipinski definition) is 2. The van der Waals surface area contributed by atoms with Crippen molar-refractivity contribution in [3.05, 3.63) is 65.0 Å². The molecular formula is C35H44F3N2O5+. The number of hydrogen-bond acceptors (Lipinski definition) is 5. The molecule has 45 heavy (non-hydrogen) atoms. The molecule has 0 aromatic heterocycles. The summed E-state index contributed by atoms with van der Waals surface area (Å²) < 4.78 is 58.9. The van der Waals surface area contributed by atoms with Gasteiger partial charge in [0.2, 0.25) is 5.76 Å². The normalized spacial score (nSPS) is 37.3. The van der Waals surface area contributed by atoms with E-state index in [2.05, 4.69) is 23.9 Å². The fourth-order valence-corrected chi connectivity index (χ4v) is 9.89. The van der Waals surface area contributed by atoms with Gasteiger partial charge >= 0.3 is 6.36 Å². The molecule has 2 heterocycles. The first-order chi connectivity index (χ1) is 21.4. The van der Waals surface area contributed by atoms with E-state index in [0.717, 1.165) is 50.1 Å². The Balaban J connectivity index is 1.26. The van der Waals surface area contributed by atoms with Gasteiger partial charge in [-0.05, 0) is 42.9 Å². The third-order valence-electron chi connectivity index (χ3n) is 11.5. The Morgan fingerprint density at radius 1 is 1.18 bits per heavy atom. The molecule has 7 atom stereocenters. The summed E-state index contributed by atoms with van der Waals surface area (Å²) in [5.74, 6) is -1.57. The molecule has 4 aliphatic carbocycles. The highest BCUT2D eigenvalue weighted by Crippen LogP contribution is 2.67. The highest BCUT2D eigenvalue weighted by molar-refractivity contribution is 5.98. The van der Waals surface area contributed by atoms with Crippen molar-refractivity contribution in [2.75, 3.05) is 26.7 Å². The first kappa shape index (κ1) is 30.8. The number of allylic oxidation sites excluding steroid dienone is 1. The smallest absolute Gasteiger partial charge is 0.504 e. The first-order valence-electron chi connectivity index (χ1n) is 16.5. The van der Waals surface area contributed by atoms with Crippen LogP contribution in [0.3, 0.4) is 0 Å². The summed E-state index contributed by atoms with van der Waals surface area (Å²) in [6.45, 7) is 8.17. The van der Waals surface area contributed by atoms with Crippen LogP contribution in [0.2, 0.25) is 0 Å². The Bertz CT molecular complexity index is 1430. The van der Waals surface area contributed by atoms with Crippen molar-refractivity contribution in [2.45, 2.75) is 89.1 Å². The number of likely N-dealkylation sites (tertiary alicyclic amines) is 1. The van der Waals surface area contributed by atoms with Crippen LogP contribution < -0.4 is 5.32 Å². The molecule has 2 saturated carbocycles. The second-order valence-corrected chi connectivity index (χ2v) is 14.6. The van der Waals surface area contributed by atoms with Crippen LogP contribution in [-0.4, -0.2) is 72.6 Å². The number of carbonyl (C=O) groups is 1. The highest BCUT2D eigenvalue weighted by Gasteiger charge is 2.71. The second-order valence-electron chi connectivity index (χ2n) is 14.6. The largest absolute Gasteiger partial charge is 0.573 e. The number of carbonyl (C=O) groups excluding carboxylic acids is 1. The van der Waals surface area contributed by atoms with Crippen molar-refractivity contribution in [1.29, 1.82) is 0 Å². The van der Waals surface area contributed by atoms with E-state index in [-0.39, 0.29) is 17.1 Å². The molecule has 7 nitrogen and oxygen atoms in total. The summed E-state index contributed by atoms with van der Waals surface area (Å²) in [6, 6.07) is 8.05. The fourth-order valence-electron chi connectivity index (χ4n) is 9.89. The third kappa shape index (κ3) is 5.02. The molecule has 244 valence electrons. The highest BCUT2D eigenvalue weighted by atomic mass is 19.4. The predicted molar refractivity (Wildman–Crippen MR) is 161 cm³/mol. The van der Waals surface area contributed by atoms with Crippen LogP contribution in [0.4, 0.5) is 13.2 Å². The van der Waals surface area contributed by atoms with Crippen LogP contribution in [-0.2, 0) is 19.0 Å². The number of nitrogens with one attached hydrogen (secondary N) is 1. The topological polar surface area (TPSA) is 77.0 Å². The molecule has 10 heteroatoms. The number of halogens is 3. The van der Waals surface area contributed by atoms with E-state index in [0.29, 0.717) is 17.9 Å². The Morgan fingerprint density at radius 3 is 2.60 bits per heavy atom. The number of rotatable bonds is 9. The maximum atomic E-state index is 13.7. The number of nitrogens with zero attached hydrogens (tertiary/aromatic N) is 1. The molecule has 6 aliphatic rings. The van der Waals surface area contributed by atoms with Gasteiger partial charge in [-0.1, -0.05) is 56.7 Å². The molecule has 1 amide bonds. The summed E-state index contributed by atoms with van der Waals surface area (Å²) in [4.78, 5) is 13.7. The lowest BCUT2D eigenvalue weighted by Crippen LogP contribution is -2.71. The zero-order chi connectivity index (χ0) is 31.8. The van der Waals surface area contributed by atoms with Crippen molar-refractivity contribution in [2.24, 2.45) is 23.2 Å². The molecule has 2 bridgehead atoms. The summed E-state index contributed by atoms with van der Waals surface area (Å²) in [7, 11) is 1.43. The van der Waals surface area contributed by atoms with E-state index in [9.17, 15) is 23.1 Å². The van der Waals surface area contributed by atoms with E-state index in [1.165, 1.54) is 55.2 Å². The van der Waals surface area contributed by atoms with Gasteiger partial charge in [-0.2, -0.15) is 0 Å². The summed E-state index contributed by atoms with van der Waals surface area (Å²) >= 11 is 0. The monoisotopic (exact) mass is 629 g/mol. The SMILES string of the molecule is COC1(NC(=O)C(OC(F)(F)F)=C(O)c2ccccc2)C=CC2=C3C1O[C@H]1CCC[C@H]4[C@@H](C2)[N+](CC(C)C)(CC2CC2)CC[C@]314. The lowest BCUT2D eigenvalue weighted by molar-refractivity contribution is -0.967. The van der Waals surface area contributed by atoms with E-state index in [1.807, 2.05) is 6.08 Å². The average Bonchev–Trinajstić information content (AvgIpc) is 3.74. The van der Waals surface area contributed by atoms with Gasteiger partial charge in [0.25, 0.3) is 5.91 Å². The van der Waals surface area contributed by atoms with Crippen LogP contribution in [0.25, 0.3) is 5.76 Å². The van der Waals surface area contributed by atoms with Crippen molar-refractivity contribution >= 4 is 11.7 Å². The van der Waals surface area contributed by atoms with Crippen LogP contribution in [0.5, 0.6) is 0 Å². The Morgan fingerprint density at radius 2 is 1.93 bits per heavy atom. The minimum absolute atomic E-state index is 0.0159. The molecule has 0 radical (unpaired) electrons. The molecule has 2 saturated heterocycles. The quantitative estimate of drug-likeness (QED) is 0.143. The molecule has 7 rings (SSSR count). The summed E-state index contributed by atoms with van der Waals surface area (Å²) in [6.07, 6.45) is 5.43. The van der Waals surface area contributed by atoms with Crippen molar-refractivity contribution in [3.8, 4) is 0 Å². The predicted octanol–water partition coefficient (Wildman–Crippen LogP) is 6.39. The molecule has 1 spiro atoms. The number of ether oxygens (including phenoxy) is 3. The molecule has 1 aromatic carbocycles. The van der Waals surface area contributed by atoms with Gasteiger partial charge in [0, 0.05) is 48.7 Å². The standard InChI is InChI=1S/C35H43F3N2O5/c1-21(2)19-40(20-22-12-13-22)17-16-33-25-10-7-11-27(33)44-31-28(33)24(18-26(25)40)14-15-34(31,43-3)39-32(42)30(45-35(36,37)38)29(41)23-8-5-4-6-9-23/h4-6,8-9,14-15,21-22,25-27,31H,7,10-13,16-20H2,1-3H3,(H-,39,41,42)/p+1/t25-,26+,27-,31?,33+,34?,40?/m0/s1. The second kappa shape index (κ2) is 10.9. The molecule has 4 fully saturated rings. The van der Waals surface area contributed by atoms with Gasteiger partial charge in [0.05, 0.1) is 31.8 Å². The minimum atomic E-state index is -5.21. The van der Waals surface area contributed by atoms with Crippen LogP contribution >= 0.6 is 0 Å². The molecule has 2 aliphatic heterocycles. The Kier molecular flexibility index (Phi) is 7.45.